The first-order valence-corrected chi connectivity index (χ1v) is 25.2. The number of imide groups is 2. The molecule has 1 unspecified atom stereocenters. The number of aryl methyl sites for hydroxylation is 1. The normalized spacial score (nSPS) is 22.3. The summed E-state index contributed by atoms with van der Waals surface area (Å²) in [5.41, 5.74) is 7.81. The topological polar surface area (TPSA) is 196 Å². The van der Waals surface area contributed by atoms with Crippen LogP contribution in [-0.2, 0) is 27.6 Å². The highest BCUT2D eigenvalue weighted by Gasteiger charge is 2.47. The molecule has 5 aliphatic heterocycles. The van der Waals surface area contributed by atoms with Gasteiger partial charge in [0.05, 0.1) is 33.8 Å². The van der Waals surface area contributed by atoms with Crippen molar-refractivity contribution in [2.24, 2.45) is 24.3 Å². The number of carbonyl (C=O) groups excluding carboxylic acids is 5. The Morgan fingerprint density at radius 3 is 2.28 bits per heavy atom. The van der Waals surface area contributed by atoms with E-state index in [1.807, 2.05) is 11.0 Å². The van der Waals surface area contributed by atoms with E-state index in [1.54, 1.807) is 32.2 Å². The van der Waals surface area contributed by atoms with Crippen LogP contribution in [0.3, 0.4) is 0 Å². The van der Waals surface area contributed by atoms with Crippen molar-refractivity contribution in [1.82, 2.24) is 34.6 Å². The third kappa shape index (κ3) is 9.37. The summed E-state index contributed by atoms with van der Waals surface area (Å²) in [4.78, 5) is 95.8. The third-order valence-corrected chi connectivity index (χ3v) is 16.7. The Hall–Kier alpha value is -6.37. The second kappa shape index (κ2) is 19.0. The number of nitrogens with one attached hydrogen (secondary N) is 2. The summed E-state index contributed by atoms with van der Waals surface area (Å²) >= 11 is 0. The zero-order chi connectivity index (χ0) is 49.9. The molecular weight excluding hydrogens is 918 g/mol. The van der Waals surface area contributed by atoms with E-state index in [9.17, 15) is 41.9 Å². The number of nitrogens with zero attached hydrogens (tertiary/aromatic N) is 7. The number of halogens is 3. The van der Waals surface area contributed by atoms with E-state index in [0.29, 0.717) is 71.0 Å². The molecule has 2 atom stereocenters. The number of aromatic nitrogens is 3. The summed E-state index contributed by atoms with van der Waals surface area (Å²) in [6.07, 6.45) is 6.49. The average molecular weight is 979 g/mol. The van der Waals surface area contributed by atoms with Crippen molar-refractivity contribution in [2.75, 3.05) is 61.8 Å². The molecule has 5 fully saturated rings. The summed E-state index contributed by atoms with van der Waals surface area (Å²) in [6, 6.07) is 9.01. The molecule has 10 rings (SSSR count). The van der Waals surface area contributed by atoms with Crippen LogP contribution in [0.5, 0.6) is 0 Å². The summed E-state index contributed by atoms with van der Waals surface area (Å²) in [5.74, 6) is -0.921. The molecule has 0 radical (unpaired) electrons. The highest BCUT2D eigenvalue weighted by Crippen LogP contribution is 2.48. The number of fused-ring (bicyclic) bond motifs is 2. The fraction of sp³-hybridized carbons (Fsp3) is 0.538. The van der Waals surface area contributed by atoms with Crippen LogP contribution >= 0.6 is 0 Å². The Kier molecular flexibility index (Phi) is 12.9. The van der Waals surface area contributed by atoms with Gasteiger partial charge in [-0.3, -0.25) is 43.6 Å². The summed E-state index contributed by atoms with van der Waals surface area (Å²) < 4.78 is 42.2. The van der Waals surface area contributed by atoms with Crippen LogP contribution in [-0.4, -0.2) is 111 Å². The number of hydrogen-bond acceptors (Lipinski definition) is 12. The van der Waals surface area contributed by atoms with Crippen molar-refractivity contribution in [3.05, 3.63) is 87.0 Å². The van der Waals surface area contributed by atoms with Gasteiger partial charge in [0.15, 0.2) is 0 Å². The lowest BCUT2D eigenvalue weighted by molar-refractivity contribution is -0.138. The quantitative estimate of drug-likeness (QED) is 0.124. The Bertz CT molecular complexity index is 2840. The molecule has 2 aromatic carbocycles. The van der Waals surface area contributed by atoms with E-state index in [1.165, 1.54) is 17.0 Å². The van der Waals surface area contributed by atoms with E-state index in [-0.39, 0.29) is 47.2 Å². The van der Waals surface area contributed by atoms with Crippen LogP contribution in [0.15, 0.2) is 53.6 Å². The van der Waals surface area contributed by atoms with Crippen molar-refractivity contribution < 1.29 is 37.1 Å². The standard InChI is InChI=1S/C52H61F3N10O6/c1-30(34-24-35(52(53,54)55)26-36(56)25-34)59-44-39-27-38(48(69)61(2)45(39)58-29-57-44)32-12-20-64(21-13-32)47(68)33-10-18-62(19-11-33)28-31-8-14-51(15-9-31)16-22-63(23-17-51)40-5-3-4-37-43(40)50(71)65(49(37)70)41-6-7-42(66)60-46(41)67/h3-5,24-27,29-33,41H,6-23,28,56H2,1-2H3,(H,57,58,59)(H,60,66,67)/t30-,41?/m1/s1. The number of carbonyl (C=O) groups is 5. The molecule has 19 heteroatoms. The molecule has 71 heavy (non-hydrogen) atoms. The lowest BCUT2D eigenvalue weighted by Crippen LogP contribution is -2.54. The molecule has 376 valence electrons. The minimum atomic E-state index is -4.55. The van der Waals surface area contributed by atoms with Gasteiger partial charge in [-0.1, -0.05) is 6.07 Å². The van der Waals surface area contributed by atoms with E-state index < -0.39 is 47.5 Å². The van der Waals surface area contributed by atoms with E-state index in [2.05, 4.69) is 30.4 Å². The van der Waals surface area contributed by atoms with E-state index in [0.717, 1.165) is 107 Å². The van der Waals surface area contributed by atoms with Gasteiger partial charge in [0.25, 0.3) is 17.4 Å². The first-order chi connectivity index (χ1) is 34.0. The molecule has 4 N–H and O–H groups in total. The number of piperidine rings is 4. The molecule has 7 heterocycles. The van der Waals surface area contributed by atoms with Crippen LogP contribution in [0.2, 0.25) is 0 Å². The molecule has 1 spiro atoms. The third-order valence-electron chi connectivity index (χ3n) is 16.7. The van der Waals surface area contributed by atoms with Gasteiger partial charge in [-0.15, -0.1) is 0 Å². The Morgan fingerprint density at radius 1 is 0.873 bits per heavy atom. The van der Waals surface area contributed by atoms with Crippen LogP contribution in [0.25, 0.3) is 11.0 Å². The summed E-state index contributed by atoms with van der Waals surface area (Å²) in [6.45, 7) is 7.19. The molecule has 0 bridgehead atoms. The number of hydrogen-bond donors (Lipinski definition) is 3. The second-order valence-electron chi connectivity index (χ2n) is 20.9. The number of anilines is 3. The molecule has 1 saturated carbocycles. The molecule has 4 aromatic rings. The predicted molar refractivity (Wildman–Crippen MR) is 259 cm³/mol. The number of nitrogens with two attached hydrogens (primary N) is 1. The SMILES string of the molecule is C[C@@H](Nc1ncnc2c1cc(C1CCN(C(=O)C3CCN(CC4CCC5(CC4)CCN(c4cccc6c4C(=O)N(C4CCC(=O)NC4=O)C6=O)CC5)CC3)CC1)c(=O)n2C)c1cc(N)cc(C(F)(F)F)c1. The van der Waals surface area contributed by atoms with Crippen molar-refractivity contribution in [3.8, 4) is 0 Å². The van der Waals surface area contributed by atoms with Crippen molar-refractivity contribution in [1.29, 1.82) is 0 Å². The maximum Gasteiger partial charge on any atom is 0.416 e. The maximum atomic E-state index is 13.9. The molecule has 5 amide bonds. The number of pyridine rings is 1. The first kappa shape index (κ1) is 48.3. The zero-order valence-electron chi connectivity index (χ0n) is 40.2. The smallest absolute Gasteiger partial charge is 0.399 e. The lowest BCUT2D eigenvalue weighted by Gasteiger charge is -2.47. The first-order valence-electron chi connectivity index (χ1n) is 25.2. The van der Waals surface area contributed by atoms with Gasteiger partial charge >= 0.3 is 6.18 Å². The number of amides is 5. The van der Waals surface area contributed by atoms with Crippen molar-refractivity contribution in [3.63, 3.8) is 0 Å². The summed E-state index contributed by atoms with van der Waals surface area (Å²) in [5, 5.41) is 6.07. The minimum Gasteiger partial charge on any atom is -0.399 e. The largest absolute Gasteiger partial charge is 0.416 e. The van der Waals surface area contributed by atoms with Crippen LogP contribution in [0, 0.1) is 17.3 Å². The Labute approximate surface area is 409 Å². The Morgan fingerprint density at radius 2 is 1.59 bits per heavy atom. The molecule has 16 nitrogen and oxygen atoms in total. The monoisotopic (exact) mass is 978 g/mol. The summed E-state index contributed by atoms with van der Waals surface area (Å²) in [7, 11) is 1.65. The fourth-order valence-corrected chi connectivity index (χ4v) is 12.4. The van der Waals surface area contributed by atoms with E-state index >= 15 is 0 Å². The molecule has 6 aliphatic rings. The zero-order valence-corrected chi connectivity index (χ0v) is 40.2. The highest BCUT2D eigenvalue weighted by molar-refractivity contribution is 6.25. The van der Waals surface area contributed by atoms with Crippen LogP contribution < -0.4 is 26.8 Å². The minimum absolute atomic E-state index is 0.00218. The van der Waals surface area contributed by atoms with Crippen LogP contribution in [0.4, 0.5) is 30.4 Å². The molecule has 2 aromatic heterocycles. The fourth-order valence-electron chi connectivity index (χ4n) is 12.4. The highest BCUT2D eigenvalue weighted by atomic mass is 19.4. The van der Waals surface area contributed by atoms with Crippen molar-refractivity contribution in [2.45, 2.75) is 108 Å². The van der Waals surface area contributed by atoms with Gasteiger partial charge in [-0.2, -0.15) is 13.2 Å². The number of benzene rings is 2. The number of nitrogen functional groups attached to an aromatic ring is 1. The Balaban J connectivity index is 0.688. The van der Waals surface area contributed by atoms with Crippen LogP contribution in [0.1, 0.15) is 133 Å². The van der Waals surface area contributed by atoms with Gasteiger partial charge in [-0.25, -0.2) is 9.97 Å². The molecule has 1 aliphatic carbocycles. The van der Waals surface area contributed by atoms with Gasteiger partial charge in [0.2, 0.25) is 17.7 Å². The van der Waals surface area contributed by atoms with Gasteiger partial charge < -0.3 is 25.8 Å². The molecule has 4 saturated heterocycles. The van der Waals surface area contributed by atoms with Gasteiger partial charge in [0.1, 0.15) is 23.8 Å². The number of alkyl halides is 3. The van der Waals surface area contributed by atoms with Gasteiger partial charge in [0, 0.05) is 63.4 Å². The maximum absolute atomic E-state index is 13.9. The number of likely N-dealkylation sites (tertiary alicyclic amines) is 2. The van der Waals surface area contributed by atoms with Crippen molar-refractivity contribution >= 4 is 57.8 Å². The predicted octanol–water partition coefficient (Wildman–Crippen LogP) is 6.40. The average Bonchev–Trinajstić information content (AvgIpc) is 3.61. The number of rotatable bonds is 9. The molecular formula is C52H61F3N10O6. The van der Waals surface area contributed by atoms with E-state index in [4.69, 9.17) is 5.73 Å². The van der Waals surface area contributed by atoms with Gasteiger partial charge in [-0.05, 0) is 150 Å². The lowest BCUT2D eigenvalue weighted by atomic mass is 9.65. The second-order valence-corrected chi connectivity index (χ2v) is 20.9.